The summed E-state index contributed by atoms with van der Waals surface area (Å²) in [6, 6.07) is 42.9. The summed E-state index contributed by atoms with van der Waals surface area (Å²) in [6.07, 6.45) is 0. The molecule has 0 aromatic heterocycles. The van der Waals surface area contributed by atoms with E-state index in [-0.39, 0.29) is 11.6 Å². The molecule has 6 rings (SSSR count). The first-order valence-electron chi connectivity index (χ1n) is 11.9. The molecule has 0 nitrogen and oxygen atoms in total. The van der Waals surface area contributed by atoms with Gasteiger partial charge < -0.3 is 0 Å². The number of hydrogen-bond acceptors (Lipinski definition) is 0. The second-order valence-electron chi connectivity index (χ2n) is 8.95. The number of fused-ring (bicyclic) bond motifs is 1. The van der Waals surface area contributed by atoms with Crippen LogP contribution in [0.1, 0.15) is 0 Å². The Morgan fingerprint density at radius 2 is 0.500 bits per heavy atom. The van der Waals surface area contributed by atoms with Crippen molar-refractivity contribution in [2.75, 3.05) is 0 Å². The summed E-state index contributed by atoms with van der Waals surface area (Å²) < 4.78 is 26.5. The van der Waals surface area contributed by atoms with Gasteiger partial charge in [0.15, 0.2) is 0 Å². The maximum absolute atomic E-state index is 13.2. The van der Waals surface area contributed by atoms with Crippen molar-refractivity contribution in [3.05, 3.63) is 145 Å². The highest BCUT2D eigenvalue weighted by Crippen LogP contribution is 2.31. The molecule has 0 atom stereocenters. The SMILES string of the molecule is Fc1ccc(-c2ccc(-c3ccc4ccc(-c5ccc(-c6ccc(F)cc6)cc5)cc4c3)cc2)cc1. The predicted molar refractivity (Wildman–Crippen MR) is 146 cm³/mol. The smallest absolute Gasteiger partial charge is 0.123 e. The maximum Gasteiger partial charge on any atom is 0.123 e. The summed E-state index contributed by atoms with van der Waals surface area (Å²) in [5, 5.41) is 2.36. The fraction of sp³-hybridized carbons (Fsp3) is 0. The van der Waals surface area contributed by atoms with Gasteiger partial charge in [0.2, 0.25) is 0 Å². The van der Waals surface area contributed by atoms with Gasteiger partial charge in [0.1, 0.15) is 11.6 Å². The van der Waals surface area contributed by atoms with Gasteiger partial charge >= 0.3 is 0 Å². The molecule has 0 radical (unpaired) electrons. The molecule has 172 valence electrons. The zero-order valence-electron chi connectivity index (χ0n) is 19.5. The largest absolute Gasteiger partial charge is 0.207 e. The molecule has 0 amide bonds. The number of hydrogen-bond donors (Lipinski definition) is 0. The number of halogens is 2. The Morgan fingerprint density at radius 1 is 0.250 bits per heavy atom. The Bertz CT molecular complexity index is 1520. The Labute approximate surface area is 209 Å². The summed E-state index contributed by atoms with van der Waals surface area (Å²) >= 11 is 0. The van der Waals surface area contributed by atoms with E-state index < -0.39 is 0 Å². The van der Waals surface area contributed by atoms with Crippen LogP contribution in [0.2, 0.25) is 0 Å². The van der Waals surface area contributed by atoms with E-state index in [9.17, 15) is 8.78 Å². The zero-order chi connectivity index (χ0) is 24.5. The second kappa shape index (κ2) is 9.24. The highest BCUT2D eigenvalue weighted by atomic mass is 19.1. The van der Waals surface area contributed by atoms with Gasteiger partial charge in [0, 0.05) is 0 Å². The Balaban J connectivity index is 1.28. The van der Waals surface area contributed by atoms with E-state index in [0.29, 0.717) is 0 Å². The van der Waals surface area contributed by atoms with Gasteiger partial charge in [-0.1, -0.05) is 97.1 Å². The topological polar surface area (TPSA) is 0 Å². The Morgan fingerprint density at radius 3 is 0.833 bits per heavy atom. The van der Waals surface area contributed by atoms with E-state index in [1.165, 1.54) is 35.0 Å². The van der Waals surface area contributed by atoms with E-state index in [4.69, 9.17) is 0 Å². The normalized spacial score (nSPS) is 11.1. The number of benzene rings is 6. The van der Waals surface area contributed by atoms with Crippen molar-refractivity contribution in [2.45, 2.75) is 0 Å². The van der Waals surface area contributed by atoms with Crippen molar-refractivity contribution in [3.63, 3.8) is 0 Å². The molecule has 0 saturated heterocycles. The summed E-state index contributed by atoms with van der Waals surface area (Å²) in [5.74, 6) is -0.454. The second-order valence-corrected chi connectivity index (χ2v) is 8.95. The third-order valence-corrected chi connectivity index (χ3v) is 6.63. The maximum atomic E-state index is 13.2. The van der Waals surface area contributed by atoms with Gasteiger partial charge in [-0.05, 0) is 91.7 Å². The minimum Gasteiger partial charge on any atom is -0.207 e. The van der Waals surface area contributed by atoms with Gasteiger partial charge in [-0.2, -0.15) is 0 Å². The van der Waals surface area contributed by atoms with Crippen LogP contribution in [-0.2, 0) is 0 Å². The van der Waals surface area contributed by atoms with Gasteiger partial charge in [-0.25, -0.2) is 8.78 Å². The lowest BCUT2D eigenvalue weighted by Crippen LogP contribution is -1.84. The molecule has 6 aromatic rings. The first-order valence-corrected chi connectivity index (χ1v) is 11.9. The fourth-order valence-electron chi connectivity index (χ4n) is 4.60. The fourth-order valence-corrected chi connectivity index (χ4v) is 4.60. The lowest BCUT2D eigenvalue weighted by Gasteiger charge is -2.09. The first kappa shape index (κ1) is 21.9. The van der Waals surface area contributed by atoms with Crippen molar-refractivity contribution in [1.29, 1.82) is 0 Å². The van der Waals surface area contributed by atoms with Crippen molar-refractivity contribution >= 4 is 10.8 Å². The molecule has 0 N–H and O–H groups in total. The quantitative estimate of drug-likeness (QED) is 0.241. The number of rotatable bonds is 4. The molecule has 2 heteroatoms. The third-order valence-electron chi connectivity index (χ3n) is 6.63. The average molecular weight is 469 g/mol. The van der Waals surface area contributed by atoms with E-state index in [1.807, 2.05) is 0 Å². The molecule has 0 fully saturated rings. The molecular weight excluding hydrogens is 446 g/mol. The Hall–Kier alpha value is -4.56. The molecule has 0 spiro atoms. The molecule has 0 heterocycles. The van der Waals surface area contributed by atoms with Crippen LogP contribution in [0.5, 0.6) is 0 Å². The highest BCUT2D eigenvalue weighted by Gasteiger charge is 2.06. The van der Waals surface area contributed by atoms with Crippen LogP contribution in [0.25, 0.3) is 55.3 Å². The van der Waals surface area contributed by atoms with E-state index in [0.717, 1.165) is 44.5 Å². The van der Waals surface area contributed by atoms with Gasteiger partial charge in [-0.3, -0.25) is 0 Å². The average Bonchev–Trinajstić information content (AvgIpc) is 2.93. The molecule has 6 aromatic carbocycles. The van der Waals surface area contributed by atoms with E-state index in [2.05, 4.69) is 84.9 Å². The van der Waals surface area contributed by atoms with Gasteiger partial charge in [0.05, 0.1) is 0 Å². The Kier molecular flexibility index (Phi) is 5.63. The summed E-state index contributed by atoms with van der Waals surface area (Å²) in [4.78, 5) is 0. The monoisotopic (exact) mass is 468 g/mol. The van der Waals surface area contributed by atoms with Gasteiger partial charge in [-0.15, -0.1) is 0 Å². The summed E-state index contributed by atoms with van der Waals surface area (Å²) in [5.41, 5.74) is 8.69. The van der Waals surface area contributed by atoms with Crippen LogP contribution < -0.4 is 0 Å². The highest BCUT2D eigenvalue weighted by molar-refractivity contribution is 5.91. The van der Waals surface area contributed by atoms with Crippen molar-refractivity contribution in [1.82, 2.24) is 0 Å². The molecule has 0 aliphatic heterocycles. The van der Waals surface area contributed by atoms with E-state index in [1.54, 1.807) is 24.3 Å². The molecule has 36 heavy (non-hydrogen) atoms. The van der Waals surface area contributed by atoms with Crippen LogP contribution in [0.3, 0.4) is 0 Å². The standard InChI is InChI=1S/C34H22F2/c35-33-17-13-25(14-18-33)23-1-5-27(6-2-23)30-11-9-29-10-12-31(22-32(29)21-30)28-7-3-24(4-8-28)26-15-19-34(36)20-16-26/h1-22H. The van der Waals surface area contributed by atoms with Crippen molar-refractivity contribution in [2.24, 2.45) is 0 Å². The first-order chi connectivity index (χ1) is 17.6. The van der Waals surface area contributed by atoms with Crippen molar-refractivity contribution in [3.8, 4) is 44.5 Å². The van der Waals surface area contributed by atoms with Crippen LogP contribution in [0, 0.1) is 11.6 Å². The molecule has 0 aliphatic carbocycles. The summed E-state index contributed by atoms with van der Waals surface area (Å²) in [7, 11) is 0. The lowest BCUT2D eigenvalue weighted by molar-refractivity contribution is 0.627. The van der Waals surface area contributed by atoms with Crippen LogP contribution >= 0.6 is 0 Å². The van der Waals surface area contributed by atoms with Crippen molar-refractivity contribution < 1.29 is 8.78 Å². The van der Waals surface area contributed by atoms with Crippen LogP contribution in [0.4, 0.5) is 8.78 Å². The minimum atomic E-state index is -0.227. The predicted octanol–water partition coefficient (Wildman–Crippen LogP) is 9.79. The molecular formula is C34H22F2. The molecule has 0 saturated carbocycles. The minimum absolute atomic E-state index is 0.227. The van der Waals surface area contributed by atoms with Gasteiger partial charge in [0.25, 0.3) is 0 Å². The van der Waals surface area contributed by atoms with Crippen LogP contribution in [-0.4, -0.2) is 0 Å². The van der Waals surface area contributed by atoms with E-state index >= 15 is 0 Å². The summed E-state index contributed by atoms with van der Waals surface area (Å²) in [6.45, 7) is 0. The van der Waals surface area contributed by atoms with Crippen LogP contribution in [0.15, 0.2) is 133 Å². The lowest BCUT2D eigenvalue weighted by atomic mass is 9.95. The molecule has 0 bridgehead atoms. The third kappa shape index (κ3) is 4.42. The zero-order valence-corrected chi connectivity index (χ0v) is 19.5. The molecule has 0 unspecified atom stereocenters. The molecule has 0 aliphatic rings.